The highest BCUT2D eigenvalue weighted by Crippen LogP contribution is 2.10. The number of rotatable bonds is 3. The van der Waals surface area contributed by atoms with Crippen LogP contribution in [0.4, 0.5) is 0 Å². The molecule has 0 saturated heterocycles. The van der Waals surface area contributed by atoms with Crippen molar-refractivity contribution in [1.82, 2.24) is 9.97 Å². The molecule has 0 fully saturated rings. The second-order valence-electron chi connectivity index (χ2n) is 3.35. The average molecular weight is 205 g/mol. The van der Waals surface area contributed by atoms with Gasteiger partial charge in [-0.2, -0.15) is 0 Å². The molecular weight excluding hydrogens is 194 g/mol. The van der Waals surface area contributed by atoms with E-state index in [1.807, 2.05) is 24.3 Å². The van der Waals surface area contributed by atoms with Gasteiger partial charge >= 0.3 is 5.97 Å². The monoisotopic (exact) mass is 205 g/mol. The number of aromatic nitrogens is 2. The van der Waals surface area contributed by atoms with Gasteiger partial charge in [-0.15, -0.1) is 0 Å². The van der Waals surface area contributed by atoms with Crippen LogP contribution in [0.5, 0.6) is 0 Å². The zero-order valence-corrected chi connectivity index (χ0v) is 7.97. The van der Waals surface area contributed by atoms with Crippen LogP contribution in [0.1, 0.15) is 5.82 Å². The summed E-state index contributed by atoms with van der Waals surface area (Å²) in [5.41, 5.74) is 7.13. The van der Waals surface area contributed by atoms with E-state index in [1.54, 1.807) is 0 Å². The predicted octanol–water partition coefficient (Wildman–Crippen LogP) is 0.517. The number of hydrogen-bond acceptors (Lipinski definition) is 3. The predicted molar refractivity (Wildman–Crippen MR) is 55.4 cm³/mol. The van der Waals surface area contributed by atoms with Gasteiger partial charge in [-0.3, -0.25) is 4.79 Å². The Morgan fingerprint density at radius 3 is 2.93 bits per heavy atom. The fraction of sp³-hybridized carbons (Fsp3) is 0.200. The molecule has 2 aromatic rings. The number of H-pyrrole nitrogens is 1. The largest absolute Gasteiger partial charge is 0.480 e. The molecule has 0 unspecified atom stereocenters. The summed E-state index contributed by atoms with van der Waals surface area (Å²) >= 11 is 0. The van der Waals surface area contributed by atoms with Crippen LogP contribution in [-0.2, 0) is 11.2 Å². The first-order valence-electron chi connectivity index (χ1n) is 4.59. The van der Waals surface area contributed by atoms with Crippen molar-refractivity contribution in [2.75, 3.05) is 0 Å². The zero-order chi connectivity index (χ0) is 10.8. The van der Waals surface area contributed by atoms with E-state index in [0.29, 0.717) is 5.82 Å². The minimum absolute atomic E-state index is 0.212. The molecule has 1 heterocycles. The smallest absolute Gasteiger partial charge is 0.320 e. The van der Waals surface area contributed by atoms with E-state index in [2.05, 4.69) is 9.97 Å². The van der Waals surface area contributed by atoms with E-state index in [-0.39, 0.29) is 6.42 Å². The van der Waals surface area contributed by atoms with Crippen molar-refractivity contribution in [2.45, 2.75) is 12.5 Å². The highest BCUT2D eigenvalue weighted by Gasteiger charge is 2.14. The van der Waals surface area contributed by atoms with Crippen molar-refractivity contribution < 1.29 is 9.90 Å². The van der Waals surface area contributed by atoms with Crippen LogP contribution < -0.4 is 5.73 Å². The van der Waals surface area contributed by atoms with Gasteiger partial charge in [0.05, 0.1) is 11.0 Å². The summed E-state index contributed by atoms with van der Waals surface area (Å²) in [6.45, 7) is 0. The van der Waals surface area contributed by atoms with E-state index in [0.717, 1.165) is 11.0 Å². The highest BCUT2D eigenvalue weighted by atomic mass is 16.4. The minimum atomic E-state index is -1.02. The quantitative estimate of drug-likeness (QED) is 0.681. The first-order valence-corrected chi connectivity index (χ1v) is 4.59. The maximum atomic E-state index is 10.6. The summed E-state index contributed by atoms with van der Waals surface area (Å²) in [6, 6.07) is 6.61. The maximum absolute atomic E-state index is 10.6. The van der Waals surface area contributed by atoms with Crippen molar-refractivity contribution in [1.29, 1.82) is 0 Å². The molecule has 15 heavy (non-hydrogen) atoms. The third kappa shape index (κ3) is 1.97. The molecule has 0 aliphatic rings. The normalized spacial score (nSPS) is 12.9. The summed E-state index contributed by atoms with van der Waals surface area (Å²) < 4.78 is 0. The van der Waals surface area contributed by atoms with Gasteiger partial charge in [0.2, 0.25) is 0 Å². The summed E-state index contributed by atoms with van der Waals surface area (Å²) in [5, 5.41) is 8.65. The summed E-state index contributed by atoms with van der Waals surface area (Å²) in [4.78, 5) is 17.8. The second kappa shape index (κ2) is 3.70. The van der Waals surface area contributed by atoms with Crippen LogP contribution >= 0.6 is 0 Å². The lowest BCUT2D eigenvalue weighted by atomic mass is 10.2. The van der Waals surface area contributed by atoms with E-state index in [4.69, 9.17) is 10.8 Å². The van der Waals surface area contributed by atoms with Gasteiger partial charge < -0.3 is 15.8 Å². The maximum Gasteiger partial charge on any atom is 0.320 e. The zero-order valence-electron chi connectivity index (χ0n) is 7.97. The number of para-hydroxylation sites is 2. The van der Waals surface area contributed by atoms with Crippen LogP contribution in [0.15, 0.2) is 24.3 Å². The molecule has 1 aromatic carbocycles. The standard InChI is InChI=1S/C10H11N3O2/c11-6(10(14)15)5-9-12-7-3-1-2-4-8(7)13-9/h1-4,6H,5,11H2,(H,12,13)(H,14,15)/t6-/m0/s1. The van der Waals surface area contributed by atoms with Gasteiger partial charge in [0.15, 0.2) is 0 Å². The number of nitrogens with two attached hydrogens (primary N) is 1. The molecule has 5 nitrogen and oxygen atoms in total. The summed E-state index contributed by atoms with van der Waals surface area (Å²) in [5.74, 6) is -0.415. The lowest BCUT2D eigenvalue weighted by molar-refractivity contribution is -0.138. The number of nitrogens with one attached hydrogen (secondary N) is 1. The van der Waals surface area contributed by atoms with E-state index in [1.165, 1.54) is 0 Å². The van der Waals surface area contributed by atoms with Crippen molar-refractivity contribution in [3.8, 4) is 0 Å². The van der Waals surface area contributed by atoms with Crippen LogP contribution in [0.2, 0.25) is 0 Å². The summed E-state index contributed by atoms with van der Waals surface area (Å²) in [7, 11) is 0. The van der Waals surface area contributed by atoms with E-state index < -0.39 is 12.0 Å². The number of nitrogens with zero attached hydrogens (tertiary/aromatic N) is 1. The number of benzene rings is 1. The van der Waals surface area contributed by atoms with Crippen molar-refractivity contribution in [2.24, 2.45) is 5.73 Å². The molecule has 0 aliphatic heterocycles. The van der Waals surface area contributed by atoms with Gasteiger partial charge in [-0.05, 0) is 12.1 Å². The number of fused-ring (bicyclic) bond motifs is 1. The van der Waals surface area contributed by atoms with Gasteiger partial charge in [0.25, 0.3) is 0 Å². The first-order chi connectivity index (χ1) is 7.16. The molecule has 0 bridgehead atoms. The molecule has 5 heteroatoms. The molecule has 0 radical (unpaired) electrons. The second-order valence-corrected chi connectivity index (χ2v) is 3.35. The Hall–Kier alpha value is -1.88. The molecule has 0 amide bonds. The van der Waals surface area contributed by atoms with Crippen LogP contribution in [0.25, 0.3) is 11.0 Å². The number of carbonyl (C=O) groups is 1. The third-order valence-electron chi connectivity index (χ3n) is 2.17. The Balaban J connectivity index is 2.26. The van der Waals surface area contributed by atoms with Gasteiger partial charge in [-0.1, -0.05) is 12.1 Å². The minimum Gasteiger partial charge on any atom is -0.480 e. The number of aliphatic carboxylic acids is 1. The van der Waals surface area contributed by atoms with E-state index >= 15 is 0 Å². The molecular formula is C10H11N3O2. The van der Waals surface area contributed by atoms with Crippen molar-refractivity contribution >= 4 is 17.0 Å². The summed E-state index contributed by atoms with van der Waals surface area (Å²) in [6.07, 6.45) is 0.212. The Kier molecular flexibility index (Phi) is 2.39. The average Bonchev–Trinajstić information content (AvgIpc) is 2.59. The van der Waals surface area contributed by atoms with Crippen LogP contribution in [0, 0.1) is 0 Å². The molecule has 1 aromatic heterocycles. The van der Waals surface area contributed by atoms with Crippen LogP contribution in [-0.4, -0.2) is 27.1 Å². The fourth-order valence-electron chi connectivity index (χ4n) is 1.40. The van der Waals surface area contributed by atoms with E-state index in [9.17, 15) is 4.79 Å². The molecule has 1 atom stereocenters. The number of hydrogen-bond donors (Lipinski definition) is 3. The lowest BCUT2D eigenvalue weighted by Gasteiger charge is -2.01. The Morgan fingerprint density at radius 1 is 1.53 bits per heavy atom. The molecule has 0 saturated carbocycles. The Labute approximate surface area is 85.9 Å². The number of carboxylic acid groups (broad SMARTS) is 1. The number of carboxylic acids is 1. The molecule has 0 aliphatic carbocycles. The molecule has 2 rings (SSSR count). The van der Waals surface area contributed by atoms with Gasteiger partial charge in [-0.25, -0.2) is 4.98 Å². The number of aromatic amines is 1. The highest BCUT2D eigenvalue weighted by molar-refractivity contribution is 5.76. The SMILES string of the molecule is N[C@@H](Cc1nc2ccccc2[nH]1)C(=O)O. The van der Waals surface area contributed by atoms with Crippen molar-refractivity contribution in [3.05, 3.63) is 30.1 Å². The topological polar surface area (TPSA) is 92.0 Å². The number of imidazole rings is 1. The Morgan fingerprint density at radius 2 is 2.27 bits per heavy atom. The van der Waals surface area contributed by atoms with Crippen molar-refractivity contribution in [3.63, 3.8) is 0 Å². The first kappa shape index (κ1) is 9.67. The lowest BCUT2D eigenvalue weighted by Crippen LogP contribution is -2.32. The fourth-order valence-corrected chi connectivity index (χ4v) is 1.40. The Bertz CT molecular complexity index is 459. The van der Waals surface area contributed by atoms with Gasteiger partial charge in [0.1, 0.15) is 11.9 Å². The molecule has 0 spiro atoms. The molecule has 4 N–H and O–H groups in total. The van der Waals surface area contributed by atoms with Gasteiger partial charge in [0, 0.05) is 6.42 Å². The third-order valence-corrected chi connectivity index (χ3v) is 2.17. The molecule has 78 valence electrons. The van der Waals surface area contributed by atoms with Crippen LogP contribution in [0.3, 0.4) is 0 Å².